The minimum absolute atomic E-state index is 0.907. The molecule has 0 N–H and O–H groups in total. The van der Waals surface area contributed by atoms with Crippen LogP contribution in [-0.2, 0) is 5.33 Å². The lowest BCUT2D eigenvalue weighted by Gasteiger charge is -2.37. The second kappa shape index (κ2) is 6.48. The van der Waals surface area contributed by atoms with Crippen LogP contribution in [0.3, 0.4) is 0 Å². The molecule has 0 atom stereocenters. The van der Waals surface area contributed by atoms with Gasteiger partial charge in [-0.05, 0) is 30.7 Å². The zero-order chi connectivity index (χ0) is 14.7. The molecule has 1 aromatic heterocycles. The van der Waals surface area contributed by atoms with Gasteiger partial charge in [0, 0.05) is 43.4 Å². The summed E-state index contributed by atoms with van der Waals surface area (Å²) < 4.78 is 0. The molecule has 1 aliphatic heterocycles. The molecule has 0 bridgehead atoms. The first-order valence-corrected chi connectivity index (χ1v) is 8.46. The summed E-state index contributed by atoms with van der Waals surface area (Å²) in [6.45, 7) is 6.27. The number of rotatable bonds is 3. The number of nitrogens with zero attached hydrogens (tertiary/aromatic N) is 3. The number of anilines is 2. The maximum absolute atomic E-state index is 4.45. The van der Waals surface area contributed by atoms with Gasteiger partial charge in [0.1, 0.15) is 5.82 Å². The smallest absolute Gasteiger partial charge is 0.128 e. The third kappa shape index (κ3) is 3.21. The van der Waals surface area contributed by atoms with E-state index in [1.807, 2.05) is 12.3 Å². The van der Waals surface area contributed by atoms with E-state index >= 15 is 0 Å². The summed E-state index contributed by atoms with van der Waals surface area (Å²) in [6, 6.07) is 12.8. The van der Waals surface area contributed by atoms with Crippen LogP contribution in [0.2, 0.25) is 0 Å². The minimum Gasteiger partial charge on any atom is -0.368 e. The van der Waals surface area contributed by atoms with Gasteiger partial charge in [0.05, 0.1) is 0 Å². The lowest BCUT2D eigenvalue weighted by atomic mass is 10.1. The Hall–Kier alpha value is -1.55. The van der Waals surface area contributed by atoms with Crippen molar-refractivity contribution in [2.45, 2.75) is 12.3 Å². The van der Waals surface area contributed by atoms with Crippen molar-refractivity contribution in [2.75, 3.05) is 36.0 Å². The predicted octanol–water partition coefficient (Wildman–Crippen LogP) is 3.61. The highest BCUT2D eigenvalue weighted by Gasteiger charge is 2.19. The van der Waals surface area contributed by atoms with Gasteiger partial charge in [-0.3, -0.25) is 0 Å². The Bertz CT molecular complexity index is 592. The van der Waals surface area contributed by atoms with Gasteiger partial charge in [-0.25, -0.2) is 4.98 Å². The van der Waals surface area contributed by atoms with Crippen LogP contribution in [0.15, 0.2) is 42.6 Å². The summed E-state index contributed by atoms with van der Waals surface area (Å²) in [7, 11) is 0. The van der Waals surface area contributed by atoms with Gasteiger partial charge in [-0.15, -0.1) is 0 Å². The summed E-state index contributed by atoms with van der Waals surface area (Å²) in [6.07, 6.45) is 1.87. The fourth-order valence-corrected chi connectivity index (χ4v) is 3.30. The van der Waals surface area contributed by atoms with Gasteiger partial charge < -0.3 is 9.80 Å². The summed E-state index contributed by atoms with van der Waals surface area (Å²) in [5, 5.41) is 0.907. The van der Waals surface area contributed by atoms with E-state index in [1.165, 1.54) is 16.8 Å². The molecule has 0 aliphatic carbocycles. The van der Waals surface area contributed by atoms with Crippen LogP contribution in [0.25, 0.3) is 0 Å². The van der Waals surface area contributed by atoms with Crippen LogP contribution in [0.4, 0.5) is 11.5 Å². The zero-order valence-corrected chi connectivity index (χ0v) is 13.9. The molecule has 4 heteroatoms. The van der Waals surface area contributed by atoms with E-state index in [9.17, 15) is 0 Å². The number of piperazine rings is 1. The molecular weight excluding hydrogens is 326 g/mol. The molecule has 1 aliphatic rings. The highest BCUT2D eigenvalue weighted by atomic mass is 79.9. The number of halogens is 1. The van der Waals surface area contributed by atoms with E-state index < -0.39 is 0 Å². The van der Waals surface area contributed by atoms with Crippen LogP contribution in [0.5, 0.6) is 0 Å². The van der Waals surface area contributed by atoms with Crippen LogP contribution < -0.4 is 9.80 Å². The molecule has 0 spiro atoms. The standard InChI is InChI=1S/C17H20BrN3/c1-14-5-6-16(15(12-14)13-18)20-8-10-21(11-9-20)17-4-2-3-7-19-17/h2-7,12H,8-11,13H2,1H3. The van der Waals surface area contributed by atoms with Crippen molar-refractivity contribution in [1.82, 2.24) is 4.98 Å². The molecule has 3 rings (SSSR count). The Kier molecular flexibility index (Phi) is 4.44. The van der Waals surface area contributed by atoms with Crippen molar-refractivity contribution >= 4 is 27.4 Å². The average molecular weight is 346 g/mol. The van der Waals surface area contributed by atoms with E-state index in [4.69, 9.17) is 0 Å². The molecular formula is C17H20BrN3. The van der Waals surface area contributed by atoms with E-state index in [0.717, 1.165) is 37.3 Å². The van der Waals surface area contributed by atoms with Crippen molar-refractivity contribution in [1.29, 1.82) is 0 Å². The number of aryl methyl sites for hydroxylation is 1. The second-order valence-electron chi connectivity index (χ2n) is 5.43. The van der Waals surface area contributed by atoms with Gasteiger partial charge in [-0.2, -0.15) is 0 Å². The molecule has 1 saturated heterocycles. The Morgan fingerprint density at radius 2 is 1.81 bits per heavy atom. The first-order valence-electron chi connectivity index (χ1n) is 7.34. The first kappa shape index (κ1) is 14.4. The van der Waals surface area contributed by atoms with Gasteiger partial charge in [0.2, 0.25) is 0 Å². The molecule has 0 saturated carbocycles. The fourth-order valence-electron chi connectivity index (χ4n) is 2.85. The molecule has 1 aromatic carbocycles. The van der Waals surface area contributed by atoms with E-state index in [1.54, 1.807) is 0 Å². The largest absolute Gasteiger partial charge is 0.368 e. The van der Waals surface area contributed by atoms with Crippen LogP contribution in [0.1, 0.15) is 11.1 Å². The van der Waals surface area contributed by atoms with Crippen LogP contribution in [-0.4, -0.2) is 31.2 Å². The lowest BCUT2D eigenvalue weighted by Crippen LogP contribution is -2.47. The summed E-state index contributed by atoms with van der Waals surface area (Å²) >= 11 is 3.61. The lowest BCUT2D eigenvalue weighted by molar-refractivity contribution is 0.646. The van der Waals surface area contributed by atoms with Crippen molar-refractivity contribution in [3.8, 4) is 0 Å². The van der Waals surface area contributed by atoms with Crippen molar-refractivity contribution < 1.29 is 0 Å². The number of hydrogen-bond donors (Lipinski definition) is 0. The molecule has 1 fully saturated rings. The number of benzene rings is 1. The first-order chi connectivity index (χ1) is 10.3. The monoisotopic (exact) mass is 345 g/mol. The highest BCUT2D eigenvalue weighted by Crippen LogP contribution is 2.26. The summed E-state index contributed by atoms with van der Waals surface area (Å²) in [5.41, 5.74) is 4.06. The molecule has 3 nitrogen and oxygen atoms in total. The molecule has 0 radical (unpaired) electrons. The summed E-state index contributed by atoms with van der Waals surface area (Å²) in [5.74, 6) is 1.08. The molecule has 110 valence electrons. The number of alkyl halides is 1. The topological polar surface area (TPSA) is 19.4 Å². The van der Waals surface area contributed by atoms with E-state index in [0.29, 0.717) is 0 Å². The predicted molar refractivity (Wildman–Crippen MR) is 92.5 cm³/mol. The molecule has 21 heavy (non-hydrogen) atoms. The van der Waals surface area contributed by atoms with Crippen LogP contribution in [0, 0.1) is 6.92 Å². The van der Waals surface area contributed by atoms with E-state index in [-0.39, 0.29) is 0 Å². The quantitative estimate of drug-likeness (QED) is 0.792. The fraction of sp³-hybridized carbons (Fsp3) is 0.353. The Balaban J connectivity index is 1.71. The Morgan fingerprint density at radius 3 is 2.48 bits per heavy atom. The van der Waals surface area contributed by atoms with Crippen molar-refractivity contribution in [2.24, 2.45) is 0 Å². The molecule has 0 amide bonds. The zero-order valence-electron chi connectivity index (χ0n) is 12.3. The average Bonchev–Trinajstić information content (AvgIpc) is 2.56. The van der Waals surface area contributed by atoms with E-state index in [2.05, 4.69) is 68.0 Å². The number of aromatic nitrogens is 1. The van der Waals surface area contributed by atoms with Gasteiger partial charge in [0.25, 0.3) is 0 Å². The van der Waals surface area contributed by atoms with Gasteiger partial charge in [-0.1, -0.05) is 39.7 Å². The maximum atomic E-state index is 4.45. The normalized spacial score (nSPS) is 15.3. The van der Waals surface area contributed by atoms with Gasteiger partial charge in [0.15, 0.2) is 0 Å². The van der Waals surface area contributed by atoms with Crippen molar-refractivity contribution in [3.63, 3.8) is 0 Å². The SMILES string of the molecule is Cc1ccc(N2CCN(c3ccccn3)CC2)c(CBr)c1. The molecule has 2 aromatic rings. The number of pyridine rings is 1. The Labute approximate surface area is 134 Å². The maximum Gasteiger partial charge on any atom is 0.128 e. The van der Waals surface area contributed by atoms with Crippen LogP contribution >= 0.6 is 15.9 Å². The molecule has 2 heterocycles. The third-order valence-corrected chi connectivity index (χ3v) is 4.58. The second-order valence-corrected chi connectivity index (χ2v) is 5.99. The third-order valence-electron chi connectivity index (χ3n) is 3.97. The Morgan fingerprint density at radius 1 is 1.05 bits per heavy atom. The minimum atomic E-state index is 0.907. The molecule has 0 unspecified atom stereocenters. The summed E-state index contributed by atoms with van der Waals surface area (Å²) in [4.78, 5) is 9.29. The van der Waals surface area contributed by atoms with Gasteiger partial charge >= 0.3 is 0 Å². The van der Waals surface area contributed by atoms with Crippen molar-refractivity contribution in [3.05, 3.63) is 53.7 Å². The number of hydrogen-bond acceptors (Lipinski definition) is 3. The highest BCUT2D eigenvalue weighted by molar-refractivity contribution is 9.08.